The van der Waals surface area contributed by atoms with Gasteiger partial charge in [-0.15, -0.1) is 11.3 Å². The molecule has 0 atom stereocenters. The topological polar surface area (TPSA) is 105 Å². The number of halogens is 2. The lowest BCUT2D eigenvalue weighted by Crippen LogP contribution is -2.42. The van der Waals surface area contributed by atoms with Gasteiger partial charge in [0, 0.05) is 12.0 Å². The number of nitrogens with two attached hydrogens (primary N) is 1. The molecule has 0 aliphatic rings. The van der Waals surface area contributed by atoms with Crippen molar-refractivity contribution in [3.8, 4) is 0 Å². The molecular formula is C9H13Cl2N3O3S2. The van der Waals surface area contributed by atoms with E-state index >= 15 is 0 Å². The number of rotatable bonds is 5. The van der Waals surface area contributed by atoms with Crippen molar-refractivity contribution in [3.63, 3.8) is 0 Å². The summed E-state index contributed by atoms with van der Waals surface area (Å²) in [4.78, 5) is -0.0838. The lowest BCUT2D eigenvalue weighted by Gasteiger charge is -2.22. The molecule has 0 unspecified atom stereocenters. The van der Waals surface area contributed by atoms with Gasteiger partial charge in [-0.1, -0.05) is 42.2 Å². The van der Waals surface area contributed by atoms with Crippen LogP contribution in [0.5, 0.6) is 0 Å². The normalized spacial score (nSPS) is 13.8. The molecule has 1 aromatic rings. The number of thiophene rings is 1. The first-order valence-electron chi connectivity index (χ1n) is 5.02. The molecule has 0 amide bonds. The fraction of sp³-hybridized carbons (Fsp3) is 0.444. The van der Waals surface area contributed by atoms with Crippen molar-refractivity contribution in [1.82, 2.24) is 4.72 Å². The van der Waals surface area contributed by atoms with Gasteiger partial charge in [0.25, 0.3) is 0 Å². The van der Waals surface area contributed by atoms with E-state index in [0.29, 0.717) is 0 Å². The third-order valence-electron chi connectivity index (χ3n) is 2.42. The average Bonchev–Trinajstić information content (AvgIpc) is 2.66. The van der Waals surface area contributed by atoms with E-state index in [1.165, 1.54) is 6.07 Å². The Morgan fingerprint density at radius 3 is 2.58 bits per heavy atom. The van der Waals surface area contributed by atoms with Crippen molar-refractivity contribution in [2.45, 2.75) is 18.7 Å². The standard InChI is InChI=1S/C9H13Cl2N3O3S2/c1-9(2,8(12)14-15)4-13-19(16,17)5-3-6(10)18-7(5)11/h3,13,15H,4H2,1-2H3,(H2,12,14). The highest BCUT2D eigenvalue weighted by atomic mass is 35.5. The van der Waals surface area contributed by atoms with Gasteiger partial charge in [0.05, 0.1) is 4.34 Å². The molecule has 1 aromatic heterocycles. The van der Waals surface area contributed by atoms with Crippen LogP contribution in [0.1, 0.15) is 13.8 Å². The summed E-state index contributed by atoms with van der Waals surface area (Å²) >= 11 is 12.5. The third kappa shape index (κ3) is 3.96. The van der Waals surface area contributed by atoms with Crippen LogP contribution >= 0.6 is 34.5 Å². The highest BCUT2D eigenvalue weighted by Crippen LogP contribution is 2.34. The molecule has 0 spiro atoms. The summed E-state index contributed by atoms with van der Waals surface area (Å²) in [6.45, 7) is 3.22. The Morgan fingerprint density at radius 2 is 2.16 bits per heavy atom. The molecule has 19 heavy (non-hydrogen) atoms. The maximum atomic E-state index is 12.0. The summed E-state index contributed by atoms with van der Waals surface area (Å²) in [5.74, 6) is -0.0790. The van der Waals surface area contributed by atoms with E-state index in [1.807, 2.05) is 0 Å². The summed E-state index contributed by atoms with van der Waals surface area (Å²) < 4.78 is 26.8. The fourth-order valence-electron chi connectivity index (χ4n) is 1.09. The van der Waals surface area contributed by atoms with Crippen LogP contribution in [0, 0.1) is 5.41 Å². The molecule has 0 bridgehead atoms. The van der Waals surface area contributed by atoms with Crippen LogP contribution in [0.25, 0.3) is 0 Å². The molecule has 0 radical (unpaired) electrons. The Bertz CT molecular complexity index is 596. The molecule has 0 aliphatic carbocycles. The molecular weight excluding hydrogens is 333 g/mol. The van der Waals surface area contributed by atoms with Crippen LogP contribution in [0.15, 0.2) is 16.1 Å². The first kappa shape index (κ1) is 16.5. The van der Waals surface area contributed by atoms with Crippen molar-refractivity contribution in [1.29, 1.82) is 0 Å². The maximum Gasteiger partial charge on any atom is 0.242 e. The zero-order valence-corrected chi connectivity index (χ0v) is 13.3. The van der Waals surface area contributed by atoms with Gasteiger partial charge in [0.1, 0.15) is 15.1 Å². The zero-order valence-electron chi connectivity index (χ0n) is 10.1. The summed E-state index contributed by atoms with van der Waals surface area (Å²) in [5.41, 5.74) is 4.63. The first-order valence-corrected chi connectivity index (χ1v) is 8.08. The zero-order chi connectivity index (χ0) is 14.8. The van der Waals surface area contributed by atoms with E-state index in [0.717, 1.165) is 11.3 Å². The van der Waals surface area contributed by atoms with Crippen LogP contribution in [0.3, 0.4) is 0 Å². The van der Waals surface area contributed by atoms with Crippen molar-refractivity contribution in [2.75, 3.05) is 6.54 Å². The lowest BCUT2D eigenvalue weighted by atomic mass is 9.93. The second-order valence-corrected chi connectivity index (χ2v) is 8.40. The Kier molecular flexibility index (Phi) is 5.08. The Hall–Kier alpha value is -0.540. The van der Waals surface area contributed by atoms with Crippen molar-refractivity contribution in [2.24, 2.45) is 16.3 Å². The van der Waals surface area contributed by atoms with E-state index in [2.05, 4.69) is 9.88 Å². The van der Waals surface area contributed by atoms with Crippen LogP contribution in [0.2, 0.25) is 8.67 Å². The van der Waals surface area contributed by atoms with E-state index in [4.69, 9.17) is 34.1 Å². The monoisotopic (exact) mass is 345 g/mol. The molecule has 0 aromatic carbocycles. The molecule has 0 fully saturated rings. The molecule has 10 heteroatoms. The van der Waals surface area contributed by atoms with E-state index in [9.17, 15) is 8.42 Å². The summed E-state index contributed by atoms with van der Waals surface area (Å²) in [5, 5.41) is 11.5. The Balaban J connectivity index is 2.91. The van der Waals surface area contributed by atoms with Gasteiger partial charge < -0.3 is 10.9 Å². The number of nitrogens with zero attached hydrogens (tertiary/aromatic N) is 1. The van der Waals surface area contributed by atoms with Gasteiger partial charge in [-0.05, 0) is 6.07 Å². The molecule has 0 saturated heterocycles. The van der Waals surface area contributed by atoms with Gasteiger partial charge in [0.15, 0.2) is 0 Å². The minimum absolute atomic E-state index is 0.0466. The summed E-state index contributed by atoms with van der Waals surface area (Å²) in [6.07, 6.45) is 0. The number of hydrogen-bond donors (Lipinski definition) is 3. The highest BCUT2D eigenvalue weighted by molar-refractivity contribution is 7.89. The van der Waals surface area contributed by atoms with Crippen LogP contribution < -0.4 is 10.5 Å². The Labute approximate surface area is 125 Å². The molecule has 0 aliphatic heterocycles. The number of amidine groups is 1. The number of hydrogen-bond acceptors (Lipinski definition) is 5. The fourth-order valence-corrected chi connectivity index (χ4v) is 4.45. The maximum absolute atomic E-state index is 12.0. The summed E-state index contributed by atoms with van der Waals surface area (Å²) in [7, 11) is -3.79. The molecule has 1 heterocycles. The lowest BCUT2D eigenvalue weighted by molar-refractivity contribution is 0.307. The largest absolute Gasteiger partial charge is 0.409 e. The SMILES string of the molecule is CC(C)(CNS(=O)(=O)c1cc(Cl)sc1Cl)/C(N)=N/O. The van der Waals surface area contributed by atoms with Gasteiger partial charge in [0.2, 0.25) is 10.0 Å². The van der Waals surface area contributed by atoms with Gasteiger partial charge in [-0.2, -0.15) is 0 Å². The molecule has 108 valence electrons. The van der Waals surface area contributed by atoms with Crippen LogP contribution in [-0.2, 0) is 10.0 Å². The van der Waals surface area contributed by atoms with Gasteiger partial charge in [-0.25, -0.2) is 13.1 Å². The Morgan fingerprint density at radius 1 is 1.58 bits per heavy atom. The predicted octanol–water partition coefficient (Wildman–Crippen LogP) is 2.11. The van der Waals surface area contributed by atoms with Crippen molar-refractivity contribution >= 4 is 50.4 Å². The quantitative estimate of drug-likeness (QED) is 0.329. The average molecular weight is 346 g/mol. The van der Waals surface area contributed by atoms with Crippen molar-refractivity contribution in [3.05, 3.63) is 14.7 Å². The molecule has 1 rings (SSSR count). The predicted molar refractivity (Wildman–Crippen MR) is 76.7 cm³/mol. The second kappa shape index (κ2) is 5.84. The number of nitrogens with one attached hydrogen (secondary N) is 1. The molecule has 4 N–H and O–H groups in total. The molecule has 6 nitrogen and oxygen atoms in total. The molecule has 0 saturated carbocycles. The van der Waals surface area contributed by atoms with E-state index in [1.54, 1.807) is 13.8 Å². The number of sulfonamides is 1. The van der Waals surface area contributed by atoms with E-state index < -0.39 is 15.4 Å². The minimum atomic E-state index is -3.79. The van der Waals surface area contributed by atoms with Gasteiger partial charge >= 0.3 is 0 Å². The smallest absolute Gasteiger partial charge is 0.242 e. The third-order valence-corrected chi connectivity index (χ3v) is 5.57. The van der Waals surface area contributed by atoms with Crippen LogP contribution in [-0.4, -0.2) is 26.0 Å². The summed E-state index contributed by atoms with van der Waals surface area (Å²) in [6, 6.07) is 1.27. The first-order chi connectivity index (χ1) is 8.60. The van der Waals surface area contributed by atoms with Crippen LogP contribution in [0.4, 0.5) is 0 Å². The highest BCUT2D eigenvalue weighted by Gasteiger charge is 2.28. The number of oxime groups is 1. The van der Waals surface area contributed by atoms with Crippen molar-refractivity contribution < 1.29 is 13.6 Å². The van der Waals surface area contributed by atoms with Gasteiger partial charge in [-0.3, -0.25) is 0 Å². The van der Waals surface area contributed by atoms with E-state index in [-0.39, 0.29) is 25.9 Å². The second-order valence-electron chi connectivity index (χ2n) is 4.38. The minimum Gasteiger partial charge on any atom is -0.409 e.